The number of ether oxygens (including phenoxy) is 2. The molecule has 0 fully saturated rings. The number of esters is 1. The highest BCUT2D eigenvalue weighted by Gasteiger charge is 2.28. The van der Waals surface area contributed by atoms with Crippen LogP contribution in [0.2, 0.25) is 0 Å². The number of alkyl carbamates (subject to hydrolysis) is 1. The van der Waals surface area contributed by atoms with Gasteiger partial charge in [0.2, 0.25) is 5.91 Å². The van der Waals surface area contributed by atoms with Crippen LogP contribution in [0.15, 0.2) is 48.5 Å². The van der Waals surface area contributed by atoms with E-state index in [4.69, 9.17) is 4.74 Å². The summed E-state index contributed by atoms with van der Waals surface area (Å²) in [6, 6.07) is 16.5. The van der Waals surface area contributed by atoms with Crippen molar-refractivity contribution in [3.63, 3.8) is 0 Å². The van der Waals surface area contributed by atoms with Crippen molar-refractivity contribution in [1.82, 2.24) is 10.6 Å². The molecule has 7 heteroatoms. The molecule has 0 saturated heterocycles. The van der Waals surface area contributed by atoms with Gasteiger partial charge in [0.15, 0.2) is 0 Å². The molecular formula is C25H30N2O5. The third-order valence-corrected chi connectivity index (χ3v) is 5.57. The van der Waals surface area contributed by atoms with E-state index in [1.54, 1.807) is 0 Å². The van der Waals surface area contributed by atoms with Crippen LogP contribution in [0.5, 0.6) is 0 Å². The molecule has 0 saturated carbocycles. The average molecular weight is 439 g/mol. The van der Waals surface area contributed by atoms with Crippen LogP contribution in [0.25, 0.3) is 11.1 Å². The maximum Gasteiger partial charge on any atom is 0.407 e. The molecule has 0 unspecified atom stereocenters. The van der Waals surface area contributed by atoms with Gasteiger partial charge in [-0.3, -0.25) is 9.59 Å². The molecule has 1 aliphatic rings. The predicted octanol–water partition coefficient (Wildman–Crippen LogP) is 3.76. The van der Waals surface area contributed by atoms with Gasteiger partial charge >= 0.3 is 12.1 Å². The van der Waals surface area contributed by atoms with E-state index in [1.165, 1.54) is 29.4 Å². The second-order valence-corrected chi connectivity index (χ2v) is 7.74. The molecule has 0 heterocycles. The number of hydrogen-bond acceptors (Lipinski definition) is 5. The van der Waals surface area contributed by atoms with Gasteiger partial charge in [0, 0.05) is 25.4 Å². The number of fused-ring (bicyclic) bond motifs is 3. The standard InChI is InChI=1S/C25H30N2O5/c1-31-24(29)14-16-26-23(28)13-3-2-8-15-27-25(30)32-17-22-20-11-6-4-9-18(20)19-10-5-7-12-21(19)22/h4-7,9-12,22H,2-3,8,13-17H2,1H3,(H,26,28)(H,27,30). The number of methoxy groups -OCH3 is 1. The molecule has 0 atom stereocenters. The van der Waals surface area contributed by atoms with E-state index in [9.17, 15) is 14.4 Å². The fourth-order valence-electron chi connectivity index (χ4n) is 3.92. The van der Waals surface area contributed by atoms with Gasteiger partial charge in [0.05, 0.1) is 13.5 Å². The SMILES string of the molecule is COC(=O)CCNC(=O)CCCCCNC(=O)OCC1c2ccccc2-c2ccccc21. The van der Waals surface area contributed by atoms with Crippen molar-refractivity contribution < 1.29 is 23.9 Å². The van der Waals surface area contributed by atoms with Crippen molar-refractivity contribution >= 4 is 18.0 Å². The molecule has 0 bridgehead atoms. The lowest BCUT2D eigenvalue weighted by Gasteiger charge is -2.14. The Kier molecular flexibility index (Phi) is 8.66. The summed E-state index contributed by atoms with van der Waals surface area (Å²) in [5.41, 5.74) is 4.77. The first-order chi connectivity index (χ1) is 15.6. The highest BCUT2D eigenvalue weighted by Crippen LogP contribution is 2.44. The van der Waals surface area contributed by atoms with Crippen LogP contribution in [0.3, 0.4) is 0 Å². The van der Waals surface area contributed by atoms with Gasteiger partial charge in [-0.15, -0.1) is 0 Å². The Morgan fingerprint density at radius 2 is 1.47 bits per heavy atom. The van der Waals surface area contributed by atoms with Crippen molar-refractivity contribution in [1.29, 1.82) is 0 Å². The second kappa shape index (κ2) is 11.9. The molecule has 0 aliphatic heterocycles. The largest absolute Gasteiger partial charge is 0.469 e. The third-order valence-electron chi connectivity index (χ3n) is 5.57. The highest BCUT2D eigenvalue weighted by atomic mass is 16.5. The van der Waals surface area contributed by atoms with E-state index in [2.05, 4.69) is 39.6 Å². The van der Waals surface area contributed by atoms with E-state index in [0.29, 0.717) is 19.6 Å². The number of carbonyl (C=O) groups is 3. The Labute approximate surface area is 188 Å². The Morgan fingerprint density at radius 1 is 0.812 bits per heavy atom. The smallest absolute Gasteiger partial charge is 0.407 e. The normalized spacial score (nSPS) is 11.9. The summed E-state index contributed by atoms with van der Waals surface area (Å²) in [4.78, 5) is 34.8. The Bertz CT molecular complexity index is 898. The van der Waals surface area contributed by atoms with Crippen molar-refractivity contribution in [3.05, 3.63) is 59.7 Å². The number of nitrogens with one attached hydrogen (secondary N) is 2. The van der Waals surface area contributed by atoms with Gasteiger partial charge in [0.25, 0.3) is 0 Å². The Morgan fingerprint density at radius 3 is 2.12 bits per heavy atom. The zero-order valence-corrected chi connectivity index (χ0v) is 18.4. The maximum absolute atomic E-state index is 12.1. The number of unbranched alkanes of at least 4 members (excludes halogenated alkanes) is 2. The van der Waals surface area contributed by atoms with Gasteiger partial charge in [-0.05, 0) is 35.1 Å². The number of benzene rings is 2. The van der Waals surface area contributed by atoms with Crippen LogP contribution in [0.1, 0.15) is 49.1 Å². The number of amides is 2. The minimum absolute atomic E-state index is 0.0471. The molecule has 1 aliphatic carbocycles. The fourth-order valence-corrected chi connectivity index (χ4v) is 3.92. The monoisotopic (exact) mass is 438 g/mol. The Balaban J connectivity index is 1.30. The molecule has 0 radical (unpaired) electrons. The molecule has 2 aromatic rings. The first-order valence-electron chi connectivity index (χ1n) is 11.0. The third kappa shape index (κ3) is 6.33. The molecular weight excluding hydrogens is 408 g/mol. The number of hydrogen-bond donors (Lipinski definition) is 2. The summed E-state index contributed by atoms with van der Waals surface area (Å²) in [6.07, 6.45) is 2.44. The van der Waals surface area contributed by atoms with E-state index >= 15 is 0 Å². The van der Waals surface area contributed by atoms with Crippen LogP contribution in [-0.2, 0) is 19.1 Å². The Hall–Kier alpha value is -3.35. The fraction of sp³-hybridized carbons (Fsp3) is 0.400. The van der Waals surface area contributed by atoms with Gasteiger partial charge in [0.1, 0.15) is 6.61 Å². The molecule has 7 nitrogen and oxygen atoms in total. The zero-order chi connectivity index (χ0) is 22.8. The predicted molar refractivity (Wildman–Crippen MR) is 121 cm³/mol. The molecule has 2 N–H and O–H groups in total. The first kappa shape index (κ1) is 23.3. The lowest BCUT2D eigenvalue weighted by molar-refractivity contribution is -0.140. The summed E-state index contributed by atoms with van der Waals surface area (Å²) in [5.74, 6) is -0.381. The quantitative estimate of drug-likeness (QED) is 0.412. The summed E-state index contributed by atoms with van der Waals surface area (Å²) in [7, 11) is 1.32. The van der Waals surface area contributed by atoms with Gasteiger partial charge in [-0.1, -0.05) is 55.0 Å². The van der Waals surface area contributed by atoms with Crippen LogP contribution >= 0.6 is 0 Å². The summed E-state index contributed by atoms with van der Waals surface area (Å²) in [6.45, 7) is 1.08. The maximum atomic E-state index is 12.1. The minimum atomic E-state index is -0.424. The van der Waals surface area contributed by atoms with E-state index in [-0.39, 0.29) is 30.8 Å². The molecule has 0 spiro atoms. The minimum Gasteiger partial charge on any atom is -0.469 e. The topological polar surface area (TPSA) is 93.7 Å². The van der Waals surface area contributed by atoms with Crippen LogP contribution < -0.4 is 10.6 Å². The van der Waals surface area contributed by atoms with E-state index < -0.39 is 6.09 Å². The lowest BCUT2D eigenvalue weighted by Crippen LogP contribution is -2.27. The lowest BCUT2D eigenvalue weighted by atomic mass is 9.98. The summed E-state index contributed by atoms with van der Waals surface area (Å²) >= 11 is 0. The average Bonchev–Trinajstić information content (AvgIpc) is 3.13. The molecule has 0 aromatic heterocycles. The van der Waals surface area contributed by atoms with Crippen LogP contribution in [-0.4, -0.2) is 44.8 Å². The molecule has 2 aromatic carbocycles. The van der Waals surface area contributed by atoms with Crippen molar-refractivity contribution in [2.45, 2.75) is 38.0 Å². The van der Waals surface area contributed by atoms with Gasteiger partial charge in [-0.2, -0.15) is 0 Å². The first-order valence-corrected chi connectivity index (χ1v) is 11.0. The number of carbonyl (C=O) groups excluding carboxylic acids is 3. The molecule has 32 heavy (non-hydrogen) atoms. The van der Waals surface area contributed by atoms with Crippen LogP contribution in [0, 0.1) is 0 Å². The molecule has 2 amide bonds. The summed E-state index contributed by atoms with van der Waals surface area (Å²) in [5, 5.41) is 5.47. The van der Waals surface area contributed by atoms with E-state index in [1.807, 2.05) is 24.3 Å². The highest BCUT2D eigenvalue weighted by molar-refractivity contribution is 5.79. The zero-order valence-electron chi connectivity index (χ0n) is 18.4. The molecule has 3 rings (SSSR count). The molecule has 170 valence electrons. The van der Waals surface area contributed by atoms with Crippen molar-refractivity contribution in [2.75, 3.05) is 26.8 Å². The number of rotatable bonds is 11. The van der Waals surface area contributed by atoms with Gasteiger partial charge < -0.3 is 20.1 Å². The van der Waals surface area contributed by atoms with Gasteiger partial charge in [-0.25, -0.2) is 4.79 Å². The van der Waals surface area contributed by atoms with E-state index in [0.717, 1.165) is 19.3 Å². The second-order valence-electron chi connectivity index (χ2n) is 7.74. The van der Waals surface area contributed by atoms with Crippen molar-refractivity contribution in [3.8, 4) is 11.1 Å². The van der Waals surface area contributed by atoms with Crippen molar-refractivity contribution in [2.24, 2.45) is 0 Å². The van der Waals surface area contributed by atoms with Crippen LogP contribution in [0.4, 0.5) is 4.79 Å². The summed E-state index contributed by atoms with van der Waals surface area (Å²) < 4.78 is 10.0.